The zero-order valence-electron chi connectivity index (χ0n) is 44.1. The minimum atomic E-state index is 0.103. The lowest BCUT2D eigenvalue weighted by atomic mass is 10.1. The summed E-state index contributed by atoms with van der Waals surface area (Å²) in [6.07, 6.45) is 0. The van der Waals surface area contributed by atoms with Gasteiger partial charge in [-0.25, -0.2) is 29.9 Å². The Balaban J connectivity index is 0.961. The Bertz CT molecular complexity index is 4430. The van der Waals surface area contributed by atoms with E-state index in [4.69, 9.17) is 48.9 Å². The Morgan fingerprint density at radius 2 is 0.738 bits per heavy atom. The van der Waals surface area contributed by atoms with Crippen LogP contribution in [0.5, 0.6) is 46.0 Å². The lowest BCUT2D eigenvalue weighted by Gasteiger charge is -2.35. The Hall–Kier alpha value is -10.4. The van der Waals surface area contributed by atoms with Gasteiger partial charge in [-0.05, 0) is 171 Å². The van der Waals surface area contributed by atoms with E-state index in [1.807, 2.05) is 183 Å². The standard InChI is InChI=1S/C65H50N10O5/c1-37-8-5-11-43(30-37)78-47-19-23-51-55(34-47)64-69-59(51)67-62-54-33-46(77-42-16-14-41(15-17-42)75-28-26-74(27-29-75)40(4)76)18-22-50(54)58(66-62)68-63-56-35-48(79-44-12-6-9-38(2)31-44)20-24-52(56)60(70-63)72-65-57-36-49(21-25-53(57)61(71-64)73-65)80-45-13-7-10-39(3)32-45/h5-25,30-36H,26-29H2,1-4H3,(H2,66,67,68,69,70,71,72,73). The summed E-state index contributed by atoms with van der Waals surface area (Å²) in [7, 11) is 0. The van der Waals surface area contributed by atoms with E-state index in [1.165, 1.54) is 0 Å². The van der Waals surface area contributed by atoms with E-state index < -0.39 is 0 Å². The quantitative estimate of drug-likeness (QED) is 0.140. The molecule has 80 heavy (non-hydrogen) atoms. The summed E-state index contributed by atoms with van der Waals surface area (Å²) in [4.78, 5) is 55.0. The van der Waals surface area contributed by atoms with Crippen molar-refractivity contribution in [3.63, 3.8) is 0 Å². The molecule has 1 amide bonds. The first-order valence-electron chi connectivity index (χ1n) is 26.5. The number of H-pyrrole nitrogens is 2. The third-order valence-corrected chi connectivity index (χ3v) is 14.6. The molecule has 15 nitrogen and oxygen atoms in total. The number of aromatic nitrogens is 8. The maximum absolute atomic E-state index is 12.0. The predicted molar refractivity (Wildman–Crippen MR) is 311 cm³/mol. The van der Waals surface area contributed by atoms with Crippen LogP contribution in [-0.2, 0) is 4.79 Å². The average molecular weight is 1050 g/mol. The molecular weight excluding hydrogens is 1000 g/mol. The van der Waals surface area contributed by atoms with Gasteiger partial charge < -0.3 is 38.7 Å². The highest BCUT2D eigenvalue weighted by molar-refractivity contribution is 6.07. The van der Waals surface area contributed by atoms with Crippen LogP contribution in [0.2, 0.25) is 0 Å². The minimum absolute atomic E-state index is 0.103. The number of amides is 1. The molecule has 390 valence electrons. The number of fused-ring (bicyclic) bond motifs is 20. The number of nitrogens with zero attached hydrogens (tertiary/aromatic N) is 8. The molecule has 0 spiro atoms. The average Bonchev–Trinajstić information content (AvgIpc) is 4.22. The second kappa shape index (κ2) is 19.6. The van der Waals surface area contributed by atoms with Gasteiger partial charge in [0.25, 0.3) is 0 Å². The van der Waals surface area contributed by atoms with Gasteiger partial charge in [0.2, 0.25) is 5.91 Å². The van der Waals surface area contributed by atoms with E-state index in [9.17, 15) is 4.79 Å². The molecule has 0 radical (unpaired) electrons. The number of benzene rings is 8. The van der Waals surface area contributed by atoms with Crippen LogP contribution in [0.15, 0.2) is 170 Å². The van der Waals surface area contributed by atoms with Crippen LogP contribution in [0, 0.1) is 20.8 Å². The molecule has 11 aromatic rings. The summed E-state index contributed by atoms with van der Waals surface area (Å²) < 4.78 is 26.0. The number of anilines is 1. The number of nitrogens with one attached hydrogen (secondary N) is 2. The van der Waals surface area contributed by atoms with Crippen LogP contribution < -0.4 is 23.8 Å². The molecule has 8 bridgehead atoms. The van der Waals surface area contributed by atoms with E-state index in [0.29, 0.717) is 105 Å². The van der Waals surface area contributed by atoms with Crippen LogP contribution in [0.25, 0.3) is 89.7 Å². The van der Waals surface area contributed by atoms with Crippen molar-refractivity contribution >= 4 is 55.7 Å². The van der Waals surface area contributed by atoms with Crippen molar-refractivity contribution < 1.29 is 23.7 Å². The fourth-order valence-electron chi connectivity index (χ4n) is 10.5. The molecule has 0 unspecified atom stereocenters. The molecule has 1 saturated heterocycles. The van der Waals surface area contributed by atoms with Gasteiger partial charge in [0.05, 0.1) is 0 Å². The number of aromatic amines is 2. The molecule has 0 saturated carbocycles. The van der Waals surface area contributed by atoms with Crippen LogP contribution >= 0.6 is 0 Å². The first-order chi connectivity index (χ1) is 39.0. The summed E-state index contributed by atoms with van der Waals surface area (Å²) in [5.74, 6) is 7.06. The molecule has 3 aliphatic rings. The summed E-state index contributed by atoms with van der Waals surface area (Å²) in [6, 6.07) is 55.3. The Kier molecular flexibility index (Phi) is 11.7. The molecular formula is C65H50N10O5. The molecule has 3 aromatic heterocycles. The summed E-state index contributed by atoms with van der Waals surface area (Å²) in [5, 5.41) is 3.06. The van der Waals surface area contributed by atoms with Crippen molar-refractivity contribution in [1.29, 1.82) is 0 Å². The fraction of sp³-hybridized carbons (Fsp3) is 0.123. The second-order valence-electron chi connectivity index (χ2n) is 20.3. The number of piperazine rings is 1. The smallest absolute Gasteiger partial charge is 0.219 e. The van der Waals surface area contributed by atoms with E-state index >= 15 is 0 Å². The van der Waals surface area contributed by atoms with Gasteiger partial charge >= 0.3 is 0 Å². The van der Waals surface area contributed by atoms with Gasteiger partial charge in [-0.3, -0.25) is 4.79 Å². The molecule has 2 N–H and O–H groups in total. The van der Waals surface area contributed by atoms with Crippen molar-refractivity contribution in [2.45, 2.75) is 27.7 Å². The van der Waals surface area contributed by atoms with Gasteiger partial charge in [0.1, 0.15) is 68.6 Å². The molecule has 8 aromatic carbocycles. The van der Waals surface area contributed by atoms with E-state index in [-0.39, 0.29) is 5.91 Å². The first kappa shape index (κ1) is 48.0. The lowest BCUT2D eigenvalue weighted by molar-refractivity contribution is -0.129. The van der Waals surface area contributed by atoms with Crippen LogP contribution in [-0.4, -0.2) is 76.9 Å². The molecule has 6 heterocycles. The van der Waals surface area contributed by atoms with Crippen molar-refractivity contribution in [3.05, 3.63) is 187 Å². The van der Waals surface area contributed by atoms with Gasteiger partial charge in [-0.2, -0.15) is 0 Å². The number of carbonyl (C=O) groups excluding carboxylic acids is 1. The van der Waals surface area contributed by atoms with Gasteiger partial charge in [0, 0.05) is 82.6 Å². The van der Waals surface area contributed by atoms with Gasteiger partial charge in [-0.15, -0.1) is 0 Å². The largest absolute Gasteiger partial charge is 0.457 e. The van der Waals surface area contributed by atoms with Crippen molar-refractivity contribution in [2.24, 2.45) is 0 Å². The third-order valence-electron chi connectivity index (χ3n) is 14.6. The fourth-order valence-corrected chi connectivity index (χ4v) is 10.5. The first-order valence-corrected chi connectivity index (χ1v) is 26.5. The highest BCUT2D eigenvalue weighted by atomic mass is 16.5. The zero-order valence-corrected chi connectivity index (χ0v) is 44.1. The van der Waals surface area contributed by atoms with E-state index in [0.717, 1.165) is 79.3 Å². The number of hydrogen-bond donors (Lipinski definition) is 2. The number of rotatable bonds is 9. The topological polar surface area (TPSA) is 169 Å². The van der Waals surface area contributed by atoms with Crippen LogP contribution in [0.1, 0.15) is 23.6 Å². The summed E-state index contributed by atoms with van der Waals surface area (Å²) >= 11 is 0. The highest BCUT2D eigenvalue weighted by Gasteiger charge is 2.25. The zero-order chi connectivity index (χ0) is 54.0. The number of ether oxygens (including phenoxy) is 4. The van der Waals surface area contributed by atoms with Gasteiger partial charge in [0.15, 0.2) is 23.3 Å². The Morgan fingerprint density at radius 1 is 0.375 bits per heavy atom. The number of carbonyl (C=O) groups is 1. The Labute approximate surface area is 459 Å². The lowest BCUT2D eigenvalue weighted by Crippen LogP contribution is -2.48. The molecule has 0 aliphatic carbocycles. The van der Waals surface area contributed by atoms with Crippen molar-refractivity contribution in [3.8, 4) is 91.5 Å². The normalized spacial score (nSPS) is 12.8. The molecule has 0 atom stereocenters. The predicted octanol–water partition coefficient (Wildman–Crippen LogP) is 14.6. The minimum Gasteiger partial charge on any atom is -0.457 e. The molecule has 15 heteroatoms. The van der Waals surface area contributed by atoms with Gasteiger partial charge in [-0.1, -0.05) is 36.4 Å². The van der Waals surface area contributed by atoms with Crippen molar-refractivity contribution in [1.82, 2.24) is 44.8 Å². The summed E-state index contributed by atoms with van der Waals surface area (Å²) in [5.41, 5.74) is 9.33. The maximum atomic E-state index is 12.0. The maximum Gasteiger partial charge on any atom is 0.219 e. The molecule has 3 aliphatic heterocycles. The van der Waals surface area contributed by atoms with E-state index in [1.54, 1.807) is 6.92 Å². The number of hydrogen-bond acceptors (Lipinski definition) is 12. The van der Waals surface area contributed by atoms with Crippen LogP contribution in [0.3, 0.4) is 0 Å². The Morgan fingerprint density at radius 3 is 1.16 bits per heavy atom. The highest BCUT2D eigenvalue weighted by Crippen LogP contribution is 2.42. The van der Waals surface area contributed by atoms with Crippen LogP contribution in [0.4, 0.5) is 5.69 Å². The third kappa shape index (κ3) is 9.29. The SMILES string of the molecule is CC(=O)N1CCN(c2ccc(Oc3ccc4c5nc6nc(nc7[nH]c(nc8nc(nc([nH]5)c4c3)-c3ccc(Oc4cccc(C)c4)cc3-8)c3ccc(Oc4cccc(C)c4)cc73)-c3ccc(Oc4cccc(C)c4)cc3-6)cc2)CC1. The van der Waals surface area contributed by atoms with Crippen molar-refractivity contribution in [2.75, 3.05) is 31.1 Å². The second-order valence-corrected chi connectivity index (χ2v) is 20.3. The molecule has 1 fully saturated rings. The monoisotopic (exact) mass is 1050 g/mol. The number of aryl methyl sites for hydroxylation is 3. The molecule has 14 rings (SSSR count). The summed E-state index contributed by atoms with van der Waals surface area (Å²) in [6.45, 7) is 10.6. The van der Waals surface area contributed by atoms with E-state index in [2.05, 4.69) is 27.0 Å².